The van der Waals surface area contributed by atoms with E-state index < -0.39 is 0 Å². The molecule has 0 aliphatic carbocycles. The first kappa shape index (κ1) is 13.8. The Morgan fingerprint density at radius 2 is 2.07 bits per heavy atom. The van der Waals surface area contributed by atoms with E-state index in [1.807, 2.05) is 27.7 Å². The summed E-state index contributed by atoms with van der Waals surface area (Å²) in [5.41, 5.74) is 5.24. The number of hydrogen-bond acceptors (Lipinski definition) is 3. The Labute approximate surface area is 91.2 Å². The lowest BCUT2D eigenvalue weighted by atomic mass is 10.1. The van der Waals surface area contributed by atoms with Crippen molar-refractivity contribution in [2.75, 3.05) is 12.3 Å². The van der Waals surface area contributed by atoms with Gasteiger partial charge < -0.3 is 11.1 Å². The fourth-order valence-corrected chi connectivity index (χ4v) is 1.79. The standard InChI is InChI=1S/C10H22N2OS/c1-8(14-7-5-6-11)9(13)12-10(2,3)4/h8H,5-7,11H2,1-4H3,(H,12,13). The molecule has 0 bridgehead atoms. The Morgan fingerprint density at radius 1 is 1.50 bits per heavy atom. The van der Waals surface area contributed by atoms with Gasteiger partial charge >= 0.3 is 0 Å². The van der Waals surface area contributed by atoms with Crippen LogP contribution in [0.15, 0.2) is 0 Å². The Kier molecular flexibility index (Phi) is 6.20. The van der Waals surface area contributed by atoms with E-state index in [1.165, 1.54) is 0 Å². The van der Waals surface area contributed by atoms with Gasteiger partial charge in [0.15, 0.2) is 0 Å². The number of nitrogens with two attached hydrogens (primary N) is 1. The van der Waals surface area contributed by atoms with E-state index in [0.29, 0.717) is 6.54 Å². The first-order valence-corrected chi connectivity index (χ1v) is 6.05. The van der Waals surface area contributed by atoms with Gasteiger partial charge in [-0.15, -0.1) is 11.8 Å². The topological polar surface area (TPSA) is 55.1 Å². The molecular formula is C10H22N2OS. The number of amides is 1. The van der Waals surface area contributed by atoms with Crippen LogP contribution in [0, 0.1) is 0 Å². The molecule has 0 aromatic rings. The van der Waals surface area contributed by atoms with Gasteiger partial charge in [0, 0.05) is 5.54 Å². The molecule has 1 amide bonds. The number of nitrogens with one attached hydrogen (secondary N) is 1. The van der Waals surface area contributed by atoms with Crippen molar-refractivity contribution < 1.29 is 4.79 Å². The summed E-state index contributed by atoms with van der Waals surface area (Å²) in [5, 5.41) is 2.97. The van der Waals surface area contributed by atoms with E-state index in [-0.39, 0.29) is 16.7 Å². The largest absolute Gasteiger partial charge is 0.351 e. The SMILES string of the molecule is CC(SCCCN)C(=O)NC(C)(C)C. The van der Waals surface area contributed by atoms with Crippen LogP contribution >= 0.6 is 11.8 Å². The molecule has 0 spiro atoms. The van der Waals surface area contributed by atoms with Crippen LogP contribution in [0.3, 0.4) is 0 Å². The lowest BCUT2D eigenvalue weighted by molar-refractivity contribution is -0.121. The van der Waals surface area contributed by atoms with E-state index in [9.17, 15) is 4.79 Å². The van der Waals surface area contributed by atoms with Crippen LogP contribution in [0.5, 0.6) is 0 Å². The van der Waals surface area contributed by atoms with Gasteiger partial charge in [0.05, 0.1) is 5.25 Å². The predicted molar refractivity (Wildman–Crippen MR) is 63.5 cm³/mol. The average molecular weight is 218 g/mol. The van der Waals surface area contributed by atoms with Crippen LogP contribution in [-0.4, -0.2) is 29.0 Å². The van der Waals surface area contributed by atoms with Gasteiger partial charge in [-0.3, -0.25) is 4.79 Å². The van der Waals surface area contributed by atoms with E-state index in [2.05, 4.69) is 5.32 Å². The highest BCUT2D eigenvalue weighted by Crippen LogP contribution is 2.12. The summed E-state index contributed by atoms with van der Waals surface area (Å²) in [6.07, 6.45) is 0.970. The fourth-order valence-electron chi connectivity index (χ4n) is 0.890. The number of hydrogen-bond donors (Lipinski definition) is 2. The minimum Gasteiger partial charge on any atom is -0.351 e. The molecule has 14 heavy (non-hydrogen) atoms. The Balaban J connectivity index is 3.77. The number of rotatable bonds is 5. The second-order valence-electron chi connectivity index (χ2n) is 4.39. The van der Waals surface area contributed by atoms with Crippen LogP contribution in [0.1, 0.15) is 34.1 Å². The van der Waals surface area contributed by atoms with Gasteiger partial charge in [-0.2, -0.15) is 0 Å². The first-order valence-electron chi connectivity index (χ1n) is 5.00. The molecule has 1 unspecified atom stereocenters. The number of carbonyl (C=O) groups is 1. The van der Waals surface area contributed by atoms with E-state index >= 15 is 0 Å². The summed E-state index contributed by atoms with van der Waals surface area (Å²) < 4.78 is 0. The van der Waals surface area contributed by atoms with E-state index in [0.717, 1.165) is 12.2 Å². The highest BCUT2D eigenvalue weighted by Gasteiger charge is 2.18. The molecule has 0 radical (unpaired) electrons. The highest BCUT2D eigenvalue weighted by atomic mass is 32.2. The summed E-state index contributed by atoms with van der Waals surface area (Å²) in [6, 6.07) is 0. The van der Waals surface area contributed by atoms with Crippen molar-refractivity contribution in [3.05, 3.63) is 0 Å². The summed E-state index contributed by atoms with van der Waals surface area (Å²) in [7, 11) is 0. The van der Waals surface area contributed by atoms with Crippen molar-refractivity contribution in [3.8, 4) is 0 Å². The summed E-state index contributed by atoms with van der Waals surface area (Å²) in [6.45, 7) is 8.59. The van der Waals surface area contributed by atoms with Gasteiger partial charge in [0.1, 0.15) is 0 Å². The zero-order chi connectivity index (χ0) is 11.2. The maximum Gasteiger partial charge on any atom is 0.233 e. The zero-order valence-corrected chi connectivity index (χ0v) is 10.4. The first-order chi connectivity index (χ1) is 6.37. The summed E-state index contributed by atoms with van der Waals surface area (Å²) >= 11 is 1.66. The van der Waals surface area contributed by atoms with Crippen molar-refractivity contribution in [1.82, 2.24) is 5.32 Å². The van der Waals surface area contributed by atoms with Gasteiger partial charge in [0.25, 0.3) is 0 Å². The fraction of sp³-hybridized carbons (Fsp3) is 0.900. The Hall–Kier alpha value is -0.220. The van der Waals surface area contributed by atoms with Gasteiger partial charge in [0.2, 0.25) is 5.91 Å². The maximum atomic E-state index is 11.6. The molecule has 3 N–H and O–H groups in total. The summed E-state index contributed by atoms with van der Waals surface area (Å²) in [5.74, 6) is 1.06. The van der Waals surface area contributed by atoms with E-state index in [4.69, 9.17) is 5.73 Å². The van der Waals surface area contributed by atoms with Crippen LogP contribution in [0.4, 0.5) is 0 Å². The lowest BCUT2D eigenvalue weighted by Crippen LogP contribution is -2.44. The third-order valence-electron chi connectivity index (χ3n) is 1.58. The minimum absolute atomic E-state index is 0.0146. The molecule has 0 aromatic carbocycles. The molecule has 0 saturated carbocycles. The van der Waals surface area contributed by atoms with Crippen molar-refractivity contribution >= 4 is 17.7 Å². The zero-order valence-electron chi connectivity index (χ0n) is 9.59. The second-order valence-corrected chi connectivity index (χ2v) is 5.84. The van der Waals surface area contributed by atoms with Crippen molar-refractivity contribution in [2.24, 2.45) is 5.73 Å². The molecular weight excluding hydrogens is 196 g/mol. The third-order valence-corrected chi connectivity index (χ3v) is 2.82. The van der Waals surface area contributed by atoms with Gasteiger partial charge in [-0.05, 0) is 46.4 Å². The quantitative estimate of drug-likeness (QED) is 0.685. The molecule has 4 heteroatoms. The summed E-state index contributed by atoms with van der Waals surface area (Å²) in [4.78, 5) is 11.6. The smallest absolute Gasteiger partial charge is 0.233 e. The lowest BCUT2D eigenvalue weighted by Gasteiger charge is -2.23. The second kappa shape index (κ2) is 6.30. The molecule has 84 valence electrons. The van der Waals surface area contributed by atoms with Crippen molar-refractivity contribution in [1.29, 1.82) is 0 Å². The molecule has 0 saturated heterocycles. The van der Waals surface area contributed by atoms with Crippen molar-refractivity contribution in [3.63, 3.8) is 0 Å². The number of carbonyl (C=O) groups excluding carboxylic acids is 1. The predicted octanol–water partition coefficient (Wildman–Crippen LogP) is 1.37. The Bertz CT molecular complexity index is 177. The maximum absolute atomic E-state index is 11.6. The monoisotopic (exact) mass is 218 g/mol. The van der Waals surface area contributed by atoms with Crippen LogP contribution in [-0.2, 0) is 4.79 Å². The third kappa shape index (κ3) is 7.21. The Morgan fingerprint density at radius 3 is 2.50 bits per heavy atom. The molecule has 0 aliphatic heterocycles. The molecule has 0 aromatic heterocycles. The molecule has 1 atom stereocenters. The number of thioether (sulfide) groups is 1. The molecule has 3 nitrogen and oxygen atoms in total. The van der Waals surface area contributed by atoms with Gasteiger partial charge in [-0.1, -0.05) is 0 Å². The molecule has 0 rings (SSSR count). The molecule has 0 heterocycles. The average Bonchev–Trinajstić information content (AvgIpc) is 2.01. The van der Waals surface area contributed by atoms with Gasteiger partial charge in [-0.25, -0.2) is 0 Å². The minimum atomic E-state index is -0.139. The normalized spacial score (nSPS) is 13.8. The van der Waals surface area contributed by atoms with Crippen molar-refractivity contribution in [2.45, 2.75) is 44.9 Å². The molecule has 0 fully saturated rings. The molecule has 0 aliphatic rings. The van der Waals surface area contributed by atoms with Crippen LogP contribution in [0.25, 0.3) is 0 Å². The van der Waals surface area contributed by atoms with Crippen LogP contribution < -0.4 is 11.1 Å². The highest BCUT2D eigenvalue weighted by molar-refractivity contribution is 8.00. The van der Waals surface area contributed by atoms with Crippen LogP contribution in [0.2, 0.25) is 0 Å². The van der Waals surface area contributed by atoms with E-state index in [1.54, 1.807) is 11.8 Å².